The van der Waals surface area contributed by atoms with Gasteiger partial charge in [-0.2, -0.15) is 10.4 Å². The number of rotatable bonds is 8. The van der Waals surface area contributed by atoms with Crippen LogP contribution in [-0.2, 0) is 17.6 Å². The third-order valence-electron chi connectivity index (χ3n) is 7.08. The van der Waals surface area contributed by atoms with Crippen LogP contribution in [0, 0.1) is 25.2 Å². The van der Waals surface area contributed by atoms with Crippen molar-refractivity contribution < 1.29 is 14.3 Å². The number of hydrogen-bond donors (Lipinski definition) is 0. The molecule has 3 heterocycles. The van der Waals surface area contributed by atoms with Crippen LogP contribution in [0.15, 0.2) is 24.4 Å². The molecule has 1 aliphatic heterocycles. The number of amides is 1. The predicted molar refractivity (Wildman–Crippen MR) is 133 cm³/mol. The second-order valence-electron chi connectivity index (χ2n) is 9.13. The summed E-state index contributed by atoms with van der Waals surface area (Å²) < 4.78 is 12.5. The lowest BCUT2D eigenvalue weighted by atomic mass is 9.95. The fraction of sp³-hybridized carbons (Fsp3) is 0.481. The largest absolute Gasteiger partial charge is 0.493 e. The van der Waals surface area contributed by atoms with Gasteiger partial charge in [0, 0.05) is 30.4 Å². The van der Waals surface area contributed by atoms with E-state index in [1.807, 2.05) is 26.0 Å². The normalized spacial score (nSPS) is 15.7. The Morgan fingerprint density at radius 3 is 2.71 bits per heavy atom. The maximum Gasteiger partial charge on any atom is 0.223 e. The average molecular weight is 476 g/mol. The molecule has 1 aliphatic rings. The third kappa shape index (κ3) is 5.09. The Bertz CT molecular complexity index is 1260. The summed E-state index contributed by atoms with van der Waals surface area (Å²) in [5.74, 6) is 1.65. The molecule has 0 saturated carbocycles. The molecule has 3 aromatic rings. The molecule has 1 fully saturated rings. The van der Waals surface area contributed by atoms with Gasteiger partial charge >= 0.3 is 0 Å². The van der Waals surface area contributed by atoms with Crippen molar-refractivity contribution in [3.63, 3.8) is 0 Å². The number of methoxy groups -OCH3 is 2. The molecule has 0 bridgehead atoms. The standard InChI is InChI=1S/C27H33N5O3/c1-18-23(19(2)32-27(30-18)21(16-28)17-29-32)11-13-26(33)31-14-6-5-7-22(31)10-8-20-9-12-24(34-3)25(15-20)35-4/h9,12,15,17,22H,5-8,10-11,13-14H2,1-4H3. The molecule has 1 unspecified atom stereocenters. The first-order valence-electron chi connectivity index (χ1n) is 12.2. The fourth-order valence-electron chi connectivity index (χ4n) is 5.13. The van der Waals surface area contributed by atoms with Crippen LogP contribution in [0.25, 0.3) is 5.65 Å². The van der Waals surface area contributed by atoms with Crippen LogP contribution in [0.1, 0.15) is 60.2 Å². The fourth-order valence-corrected chi connectivity index (χ4v) is 5.13. The van der Waals surface area contributed by atoms with Crippen LogP contribution in [0.5, 0.6) is 11.5 Å². The second kappa shape index (κ2) is 10.8. The average Bonchev–Trinajstić information content (AvgIpc) is 3.30. The Labute approximate surface area is 206 Å². The van der Waals surface area contributed by atoms with E-state index in [1.165, 1.54) is 5.56 Å². The van der Waals surface area contributed by atoms with Gasteiger partial charge in [0.25, 0.3) is 0 Å². The van der Waals surface area contributed by atoms with E-state index in [9.17, 15) is 10.1 Å². The van der Waals surface area contributed by atoms with Crippen LogP contribution >= 0.6 is 0 Å². The number of hydrogen-bond acceptors (Lipinski definition) is 6. The van der Waals surface area contributed by atoms with Crippen LogP contribution in [0.4, 0.5) is 0 Å². The molecule has 1 saturated heterocycles. The number of likely N-dealkylation sites (tertiary alicyclic amines) is 1. The highest BCUT2D eigenvalue weighted by Crippen LogP contribution is 2.29. The van der Waals surface area contributed by atoms with Gasteiger partial charge < -0.3 is 14.4 Å². The number of carbonyl (C=O) groups is 1. The summed E-state index contributed by atoms with van der Waals surface area (Å²) in [7, 11) is 3.29. The molecule has 0 aliphatic carbocycles. The third-order valence-corrected chi connectivity index (χ3v) is 7.08. The lowest BCUT2D eigenvalue weighted by molar-refractivity contribution is -0.135. The van der Waals surface area contributed by atoms with E-state index >= 15 is 0 Å². The number of nitriles is 1. The number of nitrogens with zero attached hydrogens (tertiary/aromatic N) is 5. The van der Waals surface area contributed by atoms with Crippen molar-refractivity contribution >= 4 is 11.6 Å². The maximum atomic E-state index is 13.3. The topological polar surface area (TPSA) is 92.8 Å². The van der Waals surface area contributed by atoms with Crippen LogP contribution in [0.2, 0.25) is 0 Å². The number of fused-ring (bicyclic) bond motifs is 1. The molecule has 4 rings (SSSR count). The Morgan fingerprint density at radius 2 is 1.97 bits per heavy atom. The van der Waals surface area contributed by atoms with Gasteiger partial charge in [-0.05, 0) is 75.6 Å². The van der Waals surface area contributed by atoms with Gasteiger partial charge in [0.1, 0.15) is 11.6 Å². The Balaban J connectivity index is 1.42. The summed E-state index contributed by atoms with van der Waals surface area (Å²) in [5.41, 5.74) is 5.03. The molecule has 8 heteroatoms. The number of benzene rings is 1. The van der Waals surface area contributed by atoms with E-state index in [0.717, 1.165) is 67.1 Å². The van der Waals surface area contributed by atoms with Gasteiger partial charge in [0.2, 0.25) is 5.91 Å². The first-order chi connectivity index (χ1) is 17.0. The van der Waals surface area contributed by atoms with E-state index in [2.05, 4.69) is 27.1 Å². The Kier molecular flexibility index (Phi) is 7.54. The summed E-state index contributed by atoms with van der Waals surface area (Å²) in [5, 5.41) is 13.6. The van der Waals surface area contributed by atoms with Gasteiger partial charge in [0.05, 0.1) is 20.4 Å². The van der Waals surface area contributed by atoms with Crippen molar-refractivity contribution in [1.82, 2.24) is 19.5 Å². The number of carbonyl (C=O) groups excluding carboxylic acids is 1. The lowest BCUT2D eigenvalue weighted by Crippen LogP contribution is -2.44. The molecule has 8 nitrogen and oxygen atoms in total. The quantitative estimate of drug-likeness (QED) is 0.485. The molecular formula is C27H33N5O3. The van der Waals surface area contributed by atoms with E-state index in [4.69, 9.17) is 9.47 Å². The minimum absolute atomic E-state index is 0.194. The van der Waals surface area contributed by atoms with Crippen LogP contribution in [-0.4, -0.2) is 52.2 Å². The molecule has 1 aromatic carbocycles. The monoisotopic (exact) mass is 475 g/mol. The van der Waals surface area contributed by atoms with Crippen molar-refractivity contribution in [3.8, 4) is 17.6 Å². The molecule has 1 amide bonds. The zero-order chi connectivity index (χ0) is 24.9. The SMILES string of the molecule is COc1ccc(CCC2CCCCN2C(=O)CCc2c(C)nc3c(C#N)cnn3c2C)cc1OC. The molecule has 0 radical (unpaired) electrons. The minimum atomic E-state index is 0.194. The van der Waals surface area contributed by atoms with Gasteiger partial charge in [-0.25, -0.2) is 9.50 Å². The molecule has 184 valence electrons. The Hall–Kier alpha value is -3.60. The Morgan fingerprint density at radius 1 is 1.17 bits per heavy atom. The number of piperidine rings is 1. The van der Waals surface area contributed by atoms with Crippen LogP contribution < -0.4 is 9.47 Å². The van der Waals surface area contributed by atoms with E-state index in [1.54, 1.807) is 24.9 Å². The highest BCUT2D eigenvalue weighted by Gasteiger charge is 2.27. The number of aryl methyl sites for hydroxylation is 3. The van der Waals surface area contributed by atoms with E-state index in [0.29, 0.717) is 24.1 Å². The van der Waals surface area contributed by atoms with Crippen LogP contribution in [0.3, 0.4) is 0 Å². The predicted octanol–water partition coefficient (Wildman–Crippen LogP) is 4.18. The minimum Gasteiger partial charge on any atom is -0.493 e. The summed E-state index contributed by atoms with van der Waals surface area (Å²) in [4.78, 5) is 20.0. The summed E-state index contributed by atoms with van der Waals surface area (Å²) in [6.07, 6.45) is 7.64. The van der Waals surface area contributed by atoms with Gasteiger partial charge in [0.15, 0.2) is 17.1 Å². The molecular weight excluding hydrogens is 442 g/mol. The maximum absolute atomic E-state index is 13.3. The smallest absolute Gasteiger partial charge is 0.223 e. The van der Waals surface area contributed by atoms with Gasteiger partial charge in [-0.15, -0.1) is 0 Å². The molecule has 2 aromatic heterocycles. The zero-order valence-electron chi connectivity index (χ0n) is 21.0. The lowest BCUT2D eigenvalue weighted by Gasteiger charge is -2.36. The summed E-state index contributed by atoms with van der Waals surface area (Å²) in [6.45, 7) is 4.73. The highest BCUT2D eigenvalue weighted by molar-refractivity contribution is 5.77. The van der Waals surface area contributed by atoms with Crippen molar-refractivity contribution in [2.45, 2.75) is 64.8 Å². The first kappa shape index (κ1) is 24.5. The highest BCUT2D eigenvalue weighted by atomic mass is 16.5. The van der Waals surface area contributed by atoms with Gasteiger partial charge in [-0.3, -0.25) is 4.79 Å². The number of aromatic nitrogens is 3. The zero-order valence-corrected chi connectivity index (χ0v) is 21.0. The summed E-state index contributed by atoms with van der Waals surface area (Å²) in [6, 6.07) is 8.41. The number of ether oxygens (including phenoxy) is 2. The molecule has 35 heavy (non-hydrogen) atoms. The molecule has 1 atom stereocenters. The summed E-state index contributed by atoms with van der Waals surface area (Å²) >= 11 is 0. The van der Waals surface area contributed by atoms with Crippen molar-refractivity contribution in [2.24, 2.45) is 0 Å². The van der Waals surface area contributed by atoms with Crippen molar-refractivity contribution in [3.05, 3.63) is 52.5 Å². The van der Waals surface area contributed by atoms with Crippen molar-refractivity contribution in [1.29, 1.82) is 5.26 Å². The molecule has 0 N–H and O–H groups in total. The van der Waals surface area contributed by atoms with E-state index < -0.39 is 0 Å². The van der Waals surface area contributed by atoms with Crippen molar-refractivity contribution in [2.75, 3.05) is 20.8 Å². The van der Waals surface area contributed by atoms with Gasteiger partial charge in [-0.1, -0.05) is 6.07 Å². The second-order valence-corrected chi connectivity index (χ2v) is 9.13. The van der Waals surface area contributed by atoms with E-state index in [-0.39, 0.29) is 11.9 Å². The first-order valence-corrected chi connectivity index (χ1v) is 12.2. The molecule has 0 spiro atoms.